The Morgan fingerprint density at radius 3 is 2.33 bits per heavy atom. The van der Waals surface area contributed by atoms with Gasteiger partial charge in [0.2, 0.25) is 0 Å². The third-order valence-electron chi connectivity index (χ3n) is 3.30. The van der Waals surface area contributed by atoms with Crippen molar-refractivity contribution < 1.29 is 4.74 Å². The molecule has 92 valence electrons. The summed E-state index contributed by atoms with van der Waals surface area (Å²) in [4.78, 5) is 2.34. The Labute approximate surface area is 108 Å². The summed E-state index contributed by atoms with van der Waals surface area (Å²) >= 11 is 0. The molecule has 18 heavy (non-hydrogen) atoms. The quantitative estimate of drug-likeness (QED) is 0.815. The topological polar surface area (TPSA) is 12.5 Å². The van der Waals surface area contributed by atoms with Crippen LogP contribution in [-0.4, -0.2) is 18.2 Å². The molecule has 0 aromatic heterocycles. The maximum atomic E-state index is 5.85. The van der Waals surface area contributed by atoms with Crippen LogP contribution in [0.4, 0.5) is 0 Å². The van der Waals surface area contributed by atoms with Gasteiger partial charge in [0.05, 0.1) is 6.10 Å². The molecule has 0 amide bonds. The van der Waals surface area contributed by atoms with Gasteiger partial charge in [-0.1, -0.05) is 60.7 Å². The summed E-state index contributed by atoms with van der Waals surface area (Å²) < 4.78 is 5.85. The van der Waals surface area contributed by atoms with Gasteiger partial charge in [-0.3, -0.25) is 4.90 Å². The van der Waals surface area contributed by atoms with Crippen LogP contribution in [0, 0.1) is 0 Å². The van der Waals surface area contributed by atoms with E-state index in [9.17, 15) is 0 Å². The van der Waals surface area contributed by atoms with Crippen LogP contribution in [-0.2, 0) is 11.3 Å². The van der Waals surface area contributed by atoms with Crippen LogP contribution in [0.1, 0.15) is 17.2 Å². The summed E-state index contributed by atoms with van der Waals surface area (Å²) in [5, 5.41) is 0. The molecule has 1 atom stereocenters. The summed E-state index contributed by atoms with van der Waals surface area (Å²) in [5.74, 6) is 0. The molecule has 0 saturated carbocycles. The molecule has 1 aliphatic heterocycles. The van der Waals surface area contributed by atoms with Gasteiger partial charge in [0.25, 0.3) is 0 Å². The lowest BCUT2D eigenvalue weighted by atomic mass is 10.1. The fourth-order valence-corrected chi connectivity index (χ4v) is 2.36. The van der Waals surface area contributed by atoms with E-state index in [1.807, 2.05) is 6.07 Å². The van der Waals surface area contributed by atoms with E-state index in [-0.39, 0.29) is 6.10 Å². The van der Waals surface area contributed by atoms with Crippen molar-refractivity contribution in [2.24, 2.45) is 0 Å². The minimum atomic E-state index is 0.218. The van der Waals surface area contributed by atoms with Crippen molar-refractivity contribution in [3.63, 3.8) is 0 Å². The molecule has 0 unspecified atom stereocenters. The fourth-order valence-electron chi connectivity index (χ4n) is 2.36. The maximum absolute atomic E-state index is 5.85. The number of ether oxygens (including phenoxy) is 1. The van der Waals surface area contributed by atoms with Crippen LogP contribution < -0.4 is 0 Å². The first-order chi connectivity index (χ1) is 8.92. The summed E-state index contributed by atoms with van der Waals surface area (Å²) in [5.41, 5.74) is 2.61. The lowest BCUT2D eigenvalue weighted by Crippen LogP contribution is -2.19. The molecule has 2 nitrogen and oxygen atoms in total. The Bertz CT molecular complexity index is 483. The Balaban J connectivity index is 1.62. The second-order valence-corrected chi connectivity index (χ2v) is 4.69. The molecule has 0 bridgehead atoms. The molecule has 2 aromatic carbocycles. The van der Waals surface area contributed by atoms with E-state index in [4.69, 9.17) is 4.74 Å². The van der Waals surface area contributed by atoms with Crippen LogP contribution in [0.25, 0.3) is 0 Å². The highest BCUT2D eigenvalue weighted by molar-refractivity contribution is 5.19. The first-order valence-corrected chi connectivity index (χ1v) is 6.34. The third kappa shape index (κ3) is 2.61. The van der Waals surface area contributed by atoms with Crippen molar-refractivity contribution in [3.05, 3.63) is 71.8 Å². The molecule has 0 radical (unpaired) electrons. The van der Waals surface area contributed by atoms with Crippen molar-refractivity contribution in [2.45, 2.75) is 12.6 Å². The predicted octanol–water partition coefficient (Wildman–Crippen LogP) is 3.22. The van der Waals surface area contributed by atoms with Crippen LogP contribution in [0.5, 0.6) is 0 Å². The highest BCUT2D eigenvalue weighted by Gasteiger charge is 2.24. The van der Waals surface area contributed by atoms with Crippen LogP contribution in [0.2, 0.25) is 0 Å². The van der Waals surface area contributed by atoms with E-state index in [1.54, 1.807) is 0 Å². The summed E-state index contributed by atoms with van der Waals surface area (Å²) in [6.07, 6.45) is 0.218. The van der Waals surface area contributed by atoms with Gasteiger partial charge in [-0.15, -0.1) is 0 Å². The molecular formula is C16H17NO. The van der Waals surface area contributed by atoms with E-state index in [0.29, 0.717) is 6.73 Å². The van der Waals surface area contributed by atoms with Gasteiger partial charge in [-0.05, 0) is 11.1 Å². The highest BCUT2D eigenvalue weighted by atomic mass is 16.5. The summed E-state index contributed by atoms with van der Waals surface area (Å²) in [7, 11) is 0. The average Bonchev–Trinajstić information content (AvgIpc) is 2.89. The van der Waals surface area contributed by atoms with Crippen LogP contribution >= 0.6 is 0 Å². The monoisotopic (exact) mass is 239 g/mol. The Morgan fingerprint density at radius 1 is 0.944 bits per heavy atom. The lowest BCUT2D eigenvalue weighted by molar-refractivity contribution is 0.0880. The van der Waals surface area contributed by atoms with E-state index < -0.39 is 0 Å². The van der Waals surface area contributed by atoms with Gasteiger partial charge in [0.1, 0.15) is 6.73 Å². The minimum absolute atomic E-state index is 0.218. The second-order valence-electron chi connectivity index (χ2n) is 4.69. The zero-order valence-corrected chi connectivity index (χ0v) is 10.3. The van der Waals surface area contributed by atoms with Crippen molar-refractivity contribution in [2.75, 3.05) is 13.3 Å². The Hall–Kier alpha value is -1.64. The molecule has 0 aliphatic carbocycles. The van der Waals surface area contributed by atoms with E-state index >= 15 is 0 Å². The largest absolute Gasteiger partial charge is 0.357 e. The second kappa shape index (κ2) is 5.34. The molecule has 1 heterocycles. The Morgan fingerprint density at radius 2 is 1.61 bits per heavy atom. The molecule has 1 saturated heterocycles. The zero-order chi connectivity index (χ0) is 12.2. The van der Waals surface area contributed by atoms with E-state index in [2.05, 4.69) is 59.5 Å². The van der Waals surface area contributed by atoms with Crippen molar-refractivity contribution in [1.29, 1.82) is 0 Å². The first kappa shape index (κ1) is 11.5. The number of benzene rings is 2. The van der Waals surface area contributed by atoms with E-state index in [1.165, 1.54) is 11.1 Å². The maximum Gasteiger partial charge on any atom is 0.100 e. The zero-order valence-electron chi connectivity index (χ0n) is 10.3. The van der Waals surface area contributed by atoms with Crippen LogP contribution in [0.3, 0.4) is 0 Å². The van der Waals surface area contributed by atoms with Gasteiger partial charge in [-0.2, -0.15) is 0 Å². The third-order valence-corrected chi connectivity index (χ3v) is 3.30. The molecule has 0 N–H and O–H groups in total. The molecular weight excluding hydrogens is 222 g/mol. The minimum Gasteiger partial charge on any atom is -0.357 e. The van der Waals surface area contributed by atoms with Gasteiger partial charge in [0, 0.05) is 13.1 Å². The van der Waals surface area contributed by atoms with E-state index in [0.717, 1.165) is 13.1 Å². The van der Waals surface area contributed by atoms with Crippen LogP contribution in [0.15, 0.2) is 60.7 Å². The average molecular weight is 239 g/mol. The fraction of sp³-hybridized carbons (Fsp3) is 0.250. The molecule has 1 fully saturated rings. The smallest absolute Gasteiger partial charge is 0.100 e. The Kier molecular flexibility index (Phi) is 3.40. The van der Waals surface area contributed by atoms with Gasteiger partial charge in [0.15, 0.2) is 0 Å². The van der Waals surface area contributed by atoms with Gasteiger partial charge < -0.3 is 4.74 Å². The molecule has 2 aromatic rings. The van der Waals surface area contributed by atoms with Crippen molar-refractivity contribution in [1.82, 2.24) is 4.90 Å². The molecule has 2 heteroatoms. The van der Waals surface area contributed by atoms with Gasteiger partial charge in [-0.25, -0.2) is 0 Å². The SMILES string of the molecule is c1ccc(CN2CO[C@H](c3ccccc3)C2)cc1. The molecule has 1 aliphatic rings. The summed E-state index contributed by atoms with van der Waals surface area (Å²) in [6.45, 7) is 2.65. The molecule has 0 spiro atoms. The van der Waals surface area contributed by atoms with Gasteiger partial charge >= 0.3 is 0 Å². The number of hydrogen-bond acceptors (Lipinski definition) is 2. The number of rotatable bonds is 3. The predicted molar refractivity (Wildman–Crippen MR) is 72.0 cm³/mol. The number of nitrogens with zero attached hydrogens (tertiary/aromatic N) is 1. The highest BCUT2D eigenvalue weighted by Crippen LogP contribution is 2.25. The molecule has 3 rings (SSSR count). The van der Waals surface area contributed by atoms with Crippen molar-refractivity contribution >= 4 is 0 Å². The normalized spacial score (nSPS) is 20.1. The standard InChI is InChI=1S/C16H17NO/c1-3-7-14(8-4-1)11-17-12-16(18-13-17)15-9-5-2-6-10-15/h1-10,16H,11-13H2/t16-/m0/s1. The van der Waals surface area contributed by atoms with Crippen molar-refractivity contribution in [3.8, 4) is 0 Å². The summed E-state index contributed by atoms with van der Waals surface area (Å²) in [6, 6.07) is 21.0. The lowest BCUT2D eigenvalue weighted by Gasteiger charge is -2.13. The first-order valence-electron chi connectivity index (χ1n) is 6.34. The number of hydrogen-bond donors (Lipinski definition) is 0.